The van der Waals surface area contributed by atoms with Gasteiger partial charge in [0.2, 0.25) is 0 Å². The number of aromatic nitrogens is 4. The zero-order valence-electron chi connectivity index (χ0n) is 9.88. The van der Waals surface area contributed by atoms with Crippen LogP contribution in [0.4, 0.5) is 0 Å². The number of hydrogen-bond donors (Lipinski definition) is 0. The van der Waals surface area contributed by atoms with Crippen LogP contribution < -0.4 is 0 Å². The first-order chi connectivity index (χ1) is 9.28. The van der Waals surface area contributed by atoms with E-state index in [1.165, 1.54) is 0 Å². The second kappa shape index (κ2) is 5.45. The number of rotatable bonds is 4. The maximum Gasteiger partial charge on any atom is 0.160 e. The molecule has 0 aliphatic rings. The molecule has 0 aromatic carbocycles. The Bertz CT molecular complexity index is 693. The van der Waals surface area contributed by atoms with Gasteiger partial charge in [0, 0.05) is 24.5 Å². The summed E-state index contributed by atoms with van der Waals surface area (Å²) in [7, 11) is 0. The highest BCUT2D eigenvalue weighted by molar-refractivity contribution is 7.07. The van der Waals surface area contributed by atoms with Crippen molar-refractivity contribution >= 4 is 45.7 Å². The lowest BCUT2D eigenvalue weighted by Crippen LogP contribution is -2.06. The van der Waals surface area contributed by atoms with Gasteiger partial charge in [0.15, 0.2) is 5.65 Å². The van der Waals surface area contributed by atoms with E-state index >= 15 is 0 Å². The zero-order valence-corrected chi connectivity index (χ0v) is 12.2. The Labute approximate surface area is 124 Å². The van der Waals surface area contributed by atoms with Gasteiger partial charge >= 0.3 is 0 Å². The number of pyridine rings is 1. The minimum absolute atomic E-state index is 0.352. The monoisotopic (exact) mass is 312 g/mol. The number of hydrogen-bond acceptors (Lipinski definition) is 4. The molecule has 3 aromatic rings. The average Bonchev–Trinajstić information content (AvgIpc) is 3.02. The van der Waals surface area contributed by atoms with Gasteiger partial charge in [0.1, 0.15) is 11.3 Å². The van der Waals surface area contributed by atoms with E-state index in [2.05, 4.69) is 15.0 Å². The first-order valence-corrected chi connectivity index (χ1v) is 7.57. The maximum absolute atomic E-state index is 5.95. The summed E-state index contributed by atoms with van der Waals surface area (Å²) in [6.07, 6.45) is 2.46. The van der Waals surface area contributed by atoms with Crippen LogP contribution in [-0.2, 0) is 18.8 Å². The minimum Gasteiger partial charge on any atom is -0.311 e. The molecule has 3 aromatic heterocycles. The van der Waals surface area contributed by atoms with Crippen LogP contribution in [0.1, 0.15) is 11.5 Å². The lowest BCUT2D eigenvalue weighted by atomic mass is 10.3. The molecule has 0 aliphatic carbocycles. The van der Waals surface area contributed by atoms with Gasteiger partial charge in [-0.15, -0.1) is 22.9 Å². The highest BCUT2D eigenvalue weighted by atomic mass is 35.5. The van der Waals surface area contributed by atoms with Gasteiger partial charge in [-0.25, -0.2) is 15.0 Å². The van der Waals surface area contributed by atoms with Crippen LogP contribution in [0.2, 0.25) is 5.02 Å². The minimum atomic E-state index is 0.352. The van der Waals surface area contributed by atoms with Crippen molar-refractivity contribution in [2.75, 3.05) is 0 Å². The van der Waals surface area contributed by atoms with Gasteiger partial charge in [-0.2, -0.15) is 0 Å². The molecule has 3 rings (SSSR count). The van der Waals surface area contributed by atoms with E-state index in [-0.39, 0.29) is 0 Å². The third-order valence-corrected chi connectivity index (χ3v) is 3.91. The second-order valence-corrected chi connectivity index (χ2v) is 5.46. The quantitative estimate of drug-likeness (QED) is 0.692. The molecule has 0 atom stereocenters. The fourth-order valence-corrected chi connectivity index (χ4v) is 2.91. The van der Waals surface area contributed by atoms with Crippen molar-refractivity contribution in [1.82, 2.24) is 19.5 Å². The van der Waals surface area contributed by atoms with Crippen molar-refractivity contribution in [2.24, 2.45) is 0 Å². The molecule has 0 saturated carbocycles. The number of aryl methyl sites for hydroxylation is 2. The first-order valence-electron chi connectivity index (χ1n) is 5.71. The molecule has 0 aliphatic heterocycles. The highest BCUT2D eigenvalue weighted by Crippen LogP contribution is 2.19. The molecule has 0 unspecified atom stereocenters. The molecule has 0 bridgehead atoms. The summed E-state index contributed by atoms with van der Waals surface area (Å²) in [5, 5.41) is 2.63. The smallest absolute Gasteiger partial charge is 0.160 e. The number of thiazole rings is 1. The Morgan fingerprint density at radius 2 is 2.21 bits per heavy atom. The SMILES string of the molecule is ClCc1nc2cc(Cl)cnc2n1CCc1cscn1. The Kier molecular flexibility index (Phi) is 3.68. The molecule has 4 nitrogen and oxygen atoms in total. The summed E-state index contributed by atoms with van der Waals surface area (Å²) in [4.78, 5) is 13.1. The first kappa shape index (κ1) is 12.8. The van der Waals surface area contributed by atoms with Gasteiger partial charge in [0.25, 0.3) is 0 Å². The Morgan fingerprint density at radius 1 is 1.32 bits per heavy atom. The third kappa shape index (κ3) is 2.59. The predicted octanol–water partition coefficient (Wildman–Crippen LogP) is 3.52. The van der Waals surface area contributed by atoms with Crippen LogP contribution in [0.3, 0.4) is 0 Å². The molecular formula is C12H10Cl2N4S. The van der Waals surface area contributed by atoms with Gasteiger partial charge in [-0.3, -0.25) is 0 Å². The van der Waals surface area contributed by atoms with Crippen molar-refractivity contribution in [3.8, 4) is 0 Å². The van der Waals surface area contributed by atoms with Crippen molar-refractivity contribution in [3.05, 3.63) is 39.7 Å². The van der Waals surface area contributed by atoms with E-state index in [1.807, 2.05) is 15.5 Å². The van der Waals surface area contributed by atoms with Gasteiger partial charge in [-0.1, -0.05) is 11.6 Å². The third-order valence-electron chi connectivity index (χ3n) is 2.83. The summed E-state index contributed by atoms with van der Waals surface area (Å²) in [6, 6.07) is 1.80. The maximum atomic E-state index is 5.95. The molecule has 7 heteroatoms. The molecule has 0 spiro atoms. The molecule has 0 fully saturated rings. The van der Waals surface area contributed by atoms with E-state index in [9.17, 15) is 0 Å². The van der Waals surface area contributed by atoms with E-state index in [0.717, 1.165) is 35.6 Å². The lowest BCUT2D eigenvalue weighted by Gasteiger charge is -2.05. The van der Waals surface area contributed by atoms with Gasteiger partial charge in [-0.05, 0) is 6.07 Å². The summed E-state index contributed by atoms with van der Waals surface area (Å²) in [5.74, 6) is 1.16. The van der Waals surface area contributed by atoms with Crippen molar-refractivity contribution < 1.29 is 0 Å². The Morgan fingerprint density at radius 3 is 2.95 bits per heavy atom. The number of fused-ring (bicyclic) bond motifs is 1. The summed E-state index contributed by atoms with van der Waals surface area (Å²) >= 11 is 13.5. The molecule has 0 N–H and O–H groups in total. The number of nitrogens with zero attached hydrogens (tertiary/aromatic N) is 4. The number of halogens is 2. The average molecular weight is 313 g/mol. The summed E-state index contributed by atoms with van der Waals surface area (Å²) in [5.41, 5.74) is 4.50. The molecule has 0 amide bonds. The summed E-state index contributed by atoms with van der Waals surface area (Å²) in [6.45, 7) is 0.761. The second-order valence-electron chi connectivity index (χ2n) is 4.04. The molecule has 19 heavy (non-hydrogen) atoms. The molecule has 0 radical (unpaired) electrons. The van der Waals surface area contributed by atoms with E-state index in [4.69, 9.17) is 23.2 Å². The summed E-state index contributed by atoms with van der Waals surface area (Å²) < 4.78 is 2.03. The lowest BCUT2D eigenvalue weighted by molar-refractivity contribution is 0.675. The Balaban J connectivity index is 1.96. The van der Waals surface area contributed by atoms with E-state index < -0.39 is 0 Å². The van der Waals surface area contributed by atoms with Crippen molar-refractivity contribution in [1.29, 1.82) is 0 Å². The highest BCUT2D eigenvalue weighted by Gasteiger charge is 2.11. The van der Waals surface area contributed by atoms with Crippen LogP contribution in [0.25, 0.3) is 11.2 Å². The van der Waals surface area contributed by atoms with Crippen LogP contribution in [0.5, 0.6) is 0 Å². The standard InChI is InChI=1S/C12H10Cl2N4S/c13-4-11-17-10-3-8(14)5-15-12(10)18(11)2-1-9-6-19-7-16-9/h3,5-7H,1-2,4H2. The van der Waals surface area contributed by atoms with Crippen LogP contribution in [0, 0.1) is 0 Å². The fourth-order valence-electron chi connectivity index (χ4n) is 1.96. The van der Waals surface area contributed by atoms with Gasteiger partial charge in [0.05, 0.1) is 22.1 Å². The largest absolute Gasteiger partial charge is 0.311 e. The Hall–Kier alpha value is -1.17. The number of imidazole rings is 1. The van der Waals surface area contributed by atoms with Gasteiger partial charge < -0.3 is 4.57 Å². The zero-order chi connectivity index (χ0) is 13.2. The van der Waals surface area contributed by atoms with E-state index in [1.54, 1.807) is 23.6 Å². The van der Waals surface area contributed by atoms with Crippen LogP contribution in [0.15, 0.2) is 23.2 Å². The number of alkyl halides is 1. The van der Waals surface area contributed by atoms with Crippen LogP contribution in [-0.4, -0.2) is 19.5 Å². The molecular weight excluding hydrogens is 303 g/mol. The topological polar surface area (TPSA) is 43.6 Å². The normalized spacial score (nSPS) is 11.3. The van der Waals surface area contributed by atoms with Crippen molar-refractivity contribution in [2.45, 2.75) is 18.8 Å². The molecule has 3 heterocycles. The fraction of sp³-hybridized carbons (Fsp3) is 0.250. The van der Waals surface area contributed by atoms with Crippen molar-refractivity contribution in [3.63, 3.8) is 0 Å². The predicted molar refractivity (Wildman–Crippen MR) is 77.9 cm³/mol. The molecule has 0 saturated heterocycles. The van der Waals surface area contributed by atoms with E-state index in [0.29, 0.717) is 10.9 Å². The van der Waals surface area contributed by atoms with Crippen LogP contribution >= 0.6 is 34.5 Å². The molecule has 98 valence electrons.